The van der Waals surface area contributed by atoms with Gasteiger partial charge in [-0.3, -0.25) is 19.3 Å². The van der Waals surface area contributed by atoms with Crippen LogP contribution >= 0.6 is 0 Å². The van der Waals surface area contributed by atoms with Crippen LogP contribution in [-0.4, -0.2) is 43.0 Å². The predicted molar refractivity (Wildman–Crippen MR) is 95.0 cm³/mol. The Bertz CT molecular complexity index is 1120. The Labute approximate surface area is 146 Å². The lowest BCUT2D eigenvalue weighted by Crippen LogP contribution is -2.31. The van der Waals surface area contributed by atoms with Gasteiger partial charge in [-0.05, 0) is 11.6 Å². The Kier molecular flexibility index (Phi) is 4.44. The monoisotopic (exact) mass is 356 g/mol. The molecule has 1 atom stereocenters. The van der Waals surface area contributed by atoms with Crippen molar-refractivity contribution >= 4 is 23.1 Å². The number of carboxylic acid groups (broad SMARTS) is 1. The summed E-state index contributed by atoms with van der Waals surface area (Å²) >= 11 is 0. The van der Waals surface area contributed by atoms with Crippen LogP contribution in [0, 0.1) is 0 Å². The molecule has 134 valence electrons. The lowest BCUT2D eigenvalue weighted by atomic mass is 10.1. The van der Waals surface area contributed by atoms with E-state index in [0.717, 1.165) is 27.2 Å². The number of aliphatic carboxylic acids is 1. The first-order chi connectivity index (χ1) is 12.4. The molecule has 0 saturated carbocycles. The number of aromatic nitrogens is 3. The third-order valence-corrected chi connectivity index (χ3v) is 4.09. The van der Waals surface area contributed by atoms with Gasteiger partial charge in [-0.2, -0.15) is 0 Å². The van der Waals surface area contributed by atoms with Gasteiger partial charge in [-0.15, -0.1) is 0 Å². The first kappa shape index (κ1) is 17.2. The molecule has 0 aliphatic rings. The van der Waals surface area contributed by atoms with Crippen LogP contribution in [0.5, 0.6) is 5.88 Å². The molecule has 1 aromatic carbocycles. The second-order valence-corrected chi connectivity index (χ2v) is 5.75. The molecule has 3 aromatic rings. The minimum Gasteiger partial charge on any atom is -0.494 e. The summed E-state index contributed by atoms with van der Waals surface area (Å²) in [6, 6.07) is 6.29. The van der Waals surface area contributed by atoms with E-state index in [0.29, 0.717) is 0 Å². The number of hydrogen-bond acceptors (Lipinski definition) is 5. The molecule has 2 heterocycles. The molecule has 0 spiro atoms. The summed E-state index contributed by atoms with van der Waals surface area (Å²) in [5, 5.41) is 20.2. The topological polar surface area (TPSA) is 141 Å². The largest absolute Gasteiger partial charge is 0.494 e. The predicted octanol–water partition coefficient (Wildman–Crippen LogP) is 0.375. The molecule has 0 aliphatic heterocycles. The van der Waals surface area contributed by atoms with Gasteiger partial charge in [0.2, 0.25) is 5.88 Å². The van der Waals surface area contributed by atoms with E-state index in [2.05, 4.69) is 9.98 Å². The number of rotatable bonds is 5. The lowest BCUT2D eigenvalue weighted by Gasteiger charge is -2.07. The highest BCUT2D eigenvalue weighted by Gasteiger charge is 2.19. The quantitative estimate of drug-likeness (QED) is 0.489. The van der Waals surface area contributed by atoms with Crippen LogP contribution in [0.1, 0.15) is 11.1 Å². The Morgan fingerprint density at radius 1 is 1.35 bits per heavy atom. The van der Waals surface area contributed by atoms with Crippen molar-refractivity contribution in [2.24, 2.45) is 12.0 Å². The summed E-state index contributed by atoms with van der Waals surface area (Å²) in [5.41, 5.74) is -0.257. The molecule has 0 bridgehead atoms. The number of aromatic hydroxyl groups is 1. The molecule has 2 aromatic heterocycles. The Balaban J connectivity index is 1.94. The van der Waals surface area contributed by atoms with Crippen molar-refractivity contribution in [3.05, 3.63) is 62.4 Å². The molecule has 0 fully saturated rings. The smallest absolute Gasteiger partial charge is 0.330 e. The standard InChI is InChI=1S/C17H16N4O5/c1-21-15(23)11(14(22)20-17(21)26)8-19-13(16(24)25)6-9-7-18-12-5-3-2-4-10(9)12/h2-5,7-8,13,18,23H,6H2,1H3,(H,24,25)(H,20,22,26)/t13-/m0/s1. The van der Waals surface area contributed by atoms with Crippen molar-refractivity contribution in [3.63, 3.8) is 0 Å². The van der Waals surface area contributed by atoms with Gasteiger partial charge in [0.05, 0.1) is 0 Å². The Hall–Kier alpha value is -3.62. The van der Waals surface area contributed by atoms with E-state index in [4.69, 9.17) is 0 Å². The molecule has 0 unspecified atom stereocenters. The highest BCUT2D eigenvalue weighted by atomic mass is 16.4. The van der Waals surface area contributed by atoms with Gasteiger partial charge in [0.15, 0.2) is 6.04 Å². The van der Waals surface area contributed by atoms with Crippen molar-refractivity contribution in [1.82, 2.24) is 14.5 Å². The van der Waals surface area contributed by atoms with Gasteiger partial charge in [0, 0.05) is 36.8 Å². The first-order valence-corrected chi connectivity index (χ1v) is 7.71. The van der Waals surface area contributed by atoms with E-state index in [1.165, 1.54) is 7.05 Å². The summed E-state index contributed by atoms with van der Waals surface area (Å²) in [5.74, 6) is -1.76. The van der Waals surface area contributed by atoms with Crippen molar-refractivity contribution in [2.45, 2.75) is 12.5 Å². The maximum atomic E-state index is 11.8. The fraction of sp³-hybridized carbons (Fsp3) is 0.176. The van der Waals surface area contributed by atoms with Crippen LogP contribution < -0.4 is 11.2 Å². The molecule has 26 heavy (non-hydrogen) atoms. The van der Waals surface area contributed by atoms with E-state index in [1.807, 2.05) is 29.2 Å². The highest BCUT2D eigenvalue weighted by Crippen LogP contribution is 2.20. The molecule has 3 rings (SSSR count). The zero-order chi connectivity index (χ0) is 18.8. The zero-order valence-corrected chi connectivity index (χ0v) is 13.8. The molecule has 0 radical (unpaired) electrons. The van der Waals surface area contributed by atoms with Gasteiger partial charge in [-0.1, -0.05) is 18.2 Å². The van der Waals surface area contributed by atoms with Crippen molar-refractivity contribution in [1.29, 1.82) is 0 Å². The zero-order valence-electron chi connectivity index (χ0n) is 13.8. The van der Waals surface area contributed by atoms with E-state index in [1.54, 1.807) is 6.20 Å². The molecule has 0 amide bonds. The van der Waals surface area contributed by atoms with Crippen molar-refractivity contribution in [3.8, 4) is 5.88 Å². The first-order valence-electron chi connectivity index (χ1n) is 7.71. The van der Waals surface area contributed by atoms with E-state index in [-0.39, 0.29) is 12.0 Å². The van der Waals surface area contributed by atoms with E-state index in [9.17, 15) is 24.6 Å². The molecular formula is C17H16N4O5. The fourth-order valence-corrected chi connectivity index (χ4v) is 2.62. The minimum atomic E-state index is -1.17. The van der Waals surface area contributed by atoms with Crippen molar-refractivity contribution < 1.29 is 15.0 Å². The molecular weight excluding hydrogens is 340 g/mol. The van der Waals surface area contributed by atoms with Crippen LogP contribution in [0.15, 0.2) is 45.0 Å². The van der Waals surface area contributed by atoms with Crippen LogP contribution in [0.2, 0.25) is 0 Å². The third kappa shape index (κ3) is 3.14. The third-order valence-electron chi connectivity index (χ3n) is 4.09. The second-order valence-electron chi connectivity index (χ2n) is 5.75. The SMILES string of the molecule is Cn1c(O)c(C=N[C@@H](Cc2c[nH]c3ccccc23)C(=O)O)c(=O)[nH]c1=O. The molecule has 0 aliphatic carbocycles. The molecule has 9 nitrogen and oxygen atoms in total. The van der Waals surface area contributed by atoms with Gasteiger partial charge in [0.25, 0.3) is 5.56 Å². The number of nitrogens with one attached hydrogen (secondary N) is 2. The summed E-state index contributed by atoms with van der Waals surface area (Å²) in [7, 11) is 1.27. The minimum absolute atomic E-state index is 0.0975. The highest BCUT2D eigenvalue weighted by molar-refractivity contribution is 5.87. The van der Waals surface area contributed by atoms with Crippen LogP contribution in [-0.2, 0) is 18.3 Å². The van der Waals surface area contributed by atoms with Crippen LogP contribution in [0.4, 0.5) is 0 Å². The summed E-state index contributed by atoms with van der Waals surface area (Å²) in [6.07, 6.45) is 2.79. The Morgan fingerprint density at radius 2 is 2.08 bits per heavy atom. The van der Waals surface area contributed by atoms with Gasteiger partial charge in [0.1, 0.15) is 5.56 Å². The molecule has 0 saturated heterocycles. The number of carbonyl (C=O) groups is 1. The summed E-state index contributed by atoms with van der Waals surface area (Å²) < 4.78 is 0.832. The van der Waals surface area contributed by atoms with Crippen molar-refractivity contribution in [2.75, 3.05) is 0 Å². The summed E-state index contributed by atoms with van der Waals surface area (Å²) in [6.45, 7) is 0. The second kappa shape index (κ2) is 6.71. The average molecular weight is 356 g/mol. The van der Waals surface area contributed by atoms with Crippen LogP contribution in [0.25, 0.3) is 10.9 Å². The number of para-hydroxylation sites is 1. The van der Waals surface area contributed by atoms with Gasteiger partial charge >= 0.3 is 11.7 Å². The van der Waals surface area contributed by atoms with E-state index < -0.39 is 29.1 Å². The molecule has 4 N–H and O–H groups in total. The summed E-state index contributed by atoms with van der Waals surface area (Å²) in [4.78, 5) is 43.8. The number of aliphatic imine (C=N–C) groups is 1. The fourth-order valence-electron chi connectivity index (χ4n) is 2.62. The molecule has 9 heteroatoms. The maximum Gasteiger partial charge on any atom is 0.330 e. The Morgan fingerprint density at radius 3 is 2.81 bits per heavy atom. The van der Waals surface area contributed by atoms with Gasteiger partial charge in [-0.25, -0.2) is 9.59 Å². The number of carboxylic acids is 1. The van der Waals surface area contributed by atoms with E-state index >= 15 is 0 Å². The maximum absolute atomic E-state index is 11.8. The lowest BCUT2D eigenvalue weighted by molar-refractivity contribution is -0.138. The number of benzene rings is 1. The normalized spacial score (nSPS) is 12.7. The number of fused-ring (bicyclic) bond motifs is 1. The van der Waals surface area contributed by atoms with Crippen LogP contribution in [0.3, 0.4) is 0 Å². The number of hydrogen-bond donors (Lipinski definition) is 4. The number of nitrogens with zero attached hydrogens (tertiary/aromatic N) is 2. The number of H-pyrrole nitrogens is 2. The average Bonchev–Trinajstić information content (AvgIpc) is 3.01. The van der Waals surface area contributed by atoms with Gasteiger partial charge < -0.3 is 15.2 Å². The number of aromatic amines is 2.